The van der Waals surface area contributed by atoms with Gasteiger partial charge in [-0.2, -0.15) is 0 Å². The van der Waals surface area contributed by atoms with Gasteiger partial charge in [0.05, 0.1) is 0 Å². The maximum absolute atomic E-state index is 6.02. The first-order chi connectivity index (χ1) is 7.29. The van der Waals surface area contributed by atoms with Crippen molar-refractivity contribution in [2.75, 3.05) is 19.0 Å². The third kappa shape index (κ3) is 4.32. The second-order valence-corrected chi connectivity index (χ2v) is 5.25. The predicted molar refractivity (Wildman–Crippen MR) is 68.6 cm³/mol. The SMILES string of the molecule is CCCCCCCN1CCC(C)C1CCl. The highest BCUT2D eigenvalue weighted by Crippen LogP contribution is 2.25. The number of unbranched alkanes of at least 4 members (excludes halogenated alkanes) is 4. The van der Waals surface area contributed by atoms with Gasteiger partial charge in [-0.3, -0.25) is 4.90 Å². The topological polar surface area (TPSA) is 3.24 Å². The quantitative estimate of drug-likeness (QED) is 0.475. The fourth-order valence-electron chi connectivity index (χ4n) is 2.53. The molecule has 0 aromatic heterocycles. The molecule has 1 rings (SSSR count). The van der Waals surface area contributed by atoms with Crippen molar-refractivity contribution in [1.82, 2.24) is 4.90 Å². The Kier molecular flexibility index (Phi) is 6.67. The Labute approximate surface area is 100 Å². The number of halogens is 1. The van der Waals surface area contributed by atoms with Crippen molar-refractivity contribution in [3.8, 4) is 0 Å². The maximum atomic E-state index is 6.02. The zero-order valence-corrected chi connectivity index (χ0v) is 11.1. The molecule has 90 valence electrons. The molecule has 2 unspecified atom stereocenters. The van der Waals surface area contributed by atoms with Crippen molar-refractivity contribution in [2.45, 2.75) is 58.4 Å². The first-order valence-electron chi connectivity index (χ1n) is 6.59. The van der Waals surface area contributed by atoms with Crippen LogP contribution in [0, 0.1) is 5.92 Å². The third-order valence-corrected chi connectivity index (χ3v) is 4.02. The number of rotatable bonds is 7. The van der Waals surface area contributed by atoms with Gasteiger partial charge in [-0.05, 0) is 31.8 Å². The van der Waals surface area contributed by atoms with Crippen LogP contribution in [-0.4, -0.2) is 29.9 Å². The minimum atomic E-state index is 0.651. The summed E-state index contributed by atoms with van der Waals surface area (Å²) in [6.45, 7) is 7.15. The lowest BCUT2D eigenvalue weighted by Gasteiger charge is -2.24. The summed E-state index contributed by atoms with van der Waals surface area (Å²) in [5, 5.41) is 0. The van der Waals surface area contributed by atoms with Gasteiger partial charge in [-0.1, -0.05) is 39.5 Å². The van der Waals surface area contributed by atoms with E-state index < -0.39 is 0 Å². The van der Waals surface area contributed by atoms with E-state index in [0.717, 1.165) is 11.8 Å². The van der Waals surface area contributed by atoms with Gasteiger partial charge in [0.25, 0.3) is 0 Å². The molecule has 1 saturated heterocycles. The molecule has 0 aliphatic carbocycles. The summed E-state index contributed by atoms with van der Waals surface area (Å²) in [7, 11) is 0. The lowest BCUT2D eigenvalue weighted by atomic mass is 10.0. The lowest BCUT2D eigenvalue weighted by Crippen LogP contribution is -2.34. The molecule has 1 aliphatic rings. The Morgan fingerprint density at radius 2 is 1.93 bits per heavy atom. The van der Waals surface area contributed by atoms with Crippen LogP contribution in [0.1, 0.15) is 52.4 Å². The molecule has 0 radical (unpaired) electrons. The molecule has 0 saturated carbocycles. The number of likely N-dealkylation sites (tertiary alicyclic amines) is 1. The summed E-state index contributed by atoms with van der Waals surface area (Å²) in [6.07, 6.45) is 8.24. The zero-order chi connectivity index (χ0) is 11.1. The van der Waals surface area contributed by atoms with E-state index in [4.69, 9.17) is 11.6 Å². The largest absolute Gasteiger partial charge is 0.299 e. The van der Waals surface area contributed by atoms with Crippen LogP contribution in [0.15, 0.2) is 0 Å². The molecular weight excluding hydrogens is 206 g/mol. The van der Waals surface area contributed by atoms with E-state index in [1.807, 2.05) is 0 Å². The number of hydrogen-bond acceptors (Lipinski definition) is 1. The highest BCUT2D eigenvalue weighted by atomic mass is 35.5. The molecule has 0 amide bonds. The fourth-order valence-corrected chi connectivity index (χ4v) is 3.03. The Balaban J connectivity index is 2.10. The van der Waals surface area contributed by atoms with E-state index in [0.29, 0.717) is 6.04 Å². The molecule has 2 heteroatoms. The first-order valence-corrected chi connectivity index (χ1v) is 7.13. The second kappa shape index (κ2) is 7.51. The van der Waals surface area contributed by atoms with Gasteiger partial charge in [0.1, 0.15) is 0 Å². The predicted octanol–water partition coefficient (Wildman–Crippen LogP) is 3.91. The lowest BCUT2D eigenvalue weighted by molar-refractivity contribution is 0.244. The minimum absolute atomic E-state index is 0.651. The van der Waals surface area contributed by atoms with Crippen LogP contribution in [0.3, 0.4) is 0 Å². The standard InChI is InChI=1S/C13H26ClN/c1-3-4-5-6-7-9-15-10-8-12(2)13(15)11-14/h12-13H,3-11H2,1-2H3. The first kappa shape index (κ1) is 13.3. The molecule has 1 nitrogen and oxygen atoms in total. The molecule has 0 bridgehead atoms. The maximum Gasteiger partial charge on any atom is 0.0382 e. The molecular formula is C13H26ClN. The van der Waals surface area contributed by atoms with Gasteiger partial charge in [0.2, 0.25) is 0 Å². The van der Waals surface area contributed by atoms with Crippen LogP contribution >= 0.6 is 11.6 Å². The van der Waals surface area contributed by atoms with Crippen LogP contribution in [0.4, 0.5) is 0 Å². The Bertz CT molecular complexity index is 161. The van der Waals surface area contributed by atoms with Crippen molar-refractivity contribution in [3.63, 3.8) is 0 Å². The normalized spacial score (nSPS) is 27.4. The summed E-state index contributed by atoms with van der Waals surface area (Å²) < 4.78 is 0. The second-order valence-electron chi connectivity index (χ2n) is 4.94. The Morgan fingerprint density at radius 3 is 2.60 bits per heavy atom. The molecule has 1 heterocycles. The van der Waals surface area contributed by atoms with E-state index in [1.165, 1.54) is 51.6 Å². The van der Waals surface area contributed by atoms with Crippen LogP contribution in [-0.2, 0) is 0 Å². The van der Waals surface area contributed by atoms with Crippen LogP contribution in [0.2, 0.25) is 0 Å². The summed E-state index contributed by atoms with van der Waals surface area (Å²) in [5.41, 5.74) is 0. The molecule has 0 N–H and O–H groups in total. The molecule has 0 aromatic rings. The van der Waals surface area contributed by atoms with E-state index in [2.05, 4.69) is 18.7 Å². The van der Waals surface area contributed by atoms with Crippen LogP contribution in [0.5, 0.6) is 0 Å². The summed E-state index contributed by atoms with van der Waals surface area (Å²) >= 11 is 6.02. The molecule has 0 aromatic carbocycles. The van der Waals surface area contributed by atoms with Crippen molar-refractivity contribution in [1.29, 1.82) is 0 Å². The molecule has 0 spiro atoms. The summed E-state index contributed by atoms with van der Waals surface area (Å²) in [4.78, 5) is 2.60. The monoisotopic (exact) mass is 231 g/mol. The van der Waals surface area contributed by atoms with Gasteiger partial charge in [0, 0.05) is 11.9 Å². The highest BCUT2D eigenvalue weighted by Gasteiger charge is 2.29. The third-order valence-electron chi connectivity index (χ3n) is 3.70. The molecule has 2 atom stereocenters. The smallest absolute Gasteiger partial charge is 0.0382 e. The molecule has 1 aliphatic heterocycles. The minimum Gasteiger partial charge on any atom is -0.299 e. The van der Waals surface area contributed by atoms with E-state index >= 15 is 0 Å². The van der Waals surface area contributed by atoms with Crippen molar-refractivity contribution >= 4 is 11.6 Å². The zero-order valence-electron chi connectivity index (χ0n) is 10.3. The van der Waals surface area contributed by atoms with Crippen molar-refractivity contribution in [2.24, 2.45) is 5.92 Å². The Hall–Kier alpha value is 0.250. The number of nitrogens with zero attached hydrogens (tertiary/aromatic N) is 1. The number of hydrogen-bond donors (Lipinski definition) is 0. The van der Waals surface area contributed by atoms with E-state index in [1.54, 1.807) is 0 Å². The molecule has 1 fully saturated rings. The summed E-state index contributed by atoms with van der Waals surface area (Å²) in [6, 6.07) is 0.651. The van der Waals surface area contributed by atoms with E-state index in [9.17, 15) is 0 Å². The van der Waals surface area contributed by atoms with Gasteiger partial charge in [0.15, 0.2) is 0 Å². The molecule has 15 heavy (non-hydrogen) atoms. The van der Waals surface area contributed by atoms with E-state index in [-0.39, 0.29) is 0 Å². The summed E-state index contributed by atoms with van der Waals surface area (Å²) in [5.74, 6) is 1.62. The average molecular weight is 232 g/mol. The van der Waals surface area contributed by atoms with Crippen LogP contribution in [0.25, 0.3) is 0 Å². The fraction of sp³-hybridized carbons (Fsp3) is 1.00. The Morgan fingerprint density at radius 1 is 1.20 bits per heavy atom. The van der Waals surface area contributed by atoms with Crippen LogP contribution < -0.4 is 0 Å². The highest BCUT2D eigenvalue weighted by molar-refractivity contribution is 6.18. The number of alkyl halides is 1. The van der Waals surface area contributed by atoms with Crippen molar-refractivity contribution in [3.05, 3.63) is 0 Å². The van der Waals surface area contributed by atoms with Gasteiger partial charge < -0.3 is 0 Å². The van der Waals surface area contributed by atoms with Gasteiger partial charge in [-0.25, -0.2) is 0 Å². The van der Waals surface area contributed by atoms with Gasteiger partial charge >= 0.3 is 0 Å². The van der Waals surface area contributed by atoms with Gasteiger partial charge in [-0.15, -0.1) is 11.6 Å². The average Bonchev–Trinajstić information content (AvgIpc) is 2.59. The van der Waals surface area contributed by atoms with Crippen molar-refractivity contribution < 1.29 is 0 Å².